The second-order valence-electron chi connectivity index (χ2n) is 2.95. The molecule has 0 rings (SSSR count). The molecule has 0 aromatic carbocycles. The van der Waals surface area contributed by atoms with Gasteiger partial charge in [-0.15, -0.1) is 0 Å². The summed E-state index contributed by atoms with van der Waals surface area (Å²) in [6.07, 6.45) is 0. The van der Waals surface area contributed by atoms with Crippen molar-refractivity contribution < 1.29 is 141 Å². The van der Waals surface area contributed by atoms with Gasteiger partial charge in [-0.05, 0) is 41.5 Å². The van der Waals surface area contributed by atoms with Crippen LogP contribution in [-0.2, 0) is 111 Å². The number of carboxylic acid groups (broad SMARTS) is 6. The molecule has 0 saturated carbocycles. The Kier molecular flexibility index (Phi) is 104. The van der Waals surface area contributed by atoms with Crippen LogP contribution in [0.15, 0.2) is 0 Å². The Balaban J connectivity index is -0.0000000201. The van der Waals surface area contributed by atoms with Crippen molar-refractivity contribution >= 4 is 35.8 Å². The third kappa shape index (κ3) is 83100. The number of rotatable bonds is 0. The van der Waals surface area contributed by atoms with Gasteiger partial charge in [0.15, 0.2) is 0 Å². The van der Waals surface area contributed by atoms with Crippen molar-refractivity contribution in [1.29, 1.82) is 0 Å². The van der Waals surface area contributed by atoms with Crippen LogP contribution in [0, 0.1) is 0 Å². The first-order chi connectivity index (χ1) is 10.4. The largest absolute Gasteiger partial charge is 2.00 e. The molecule has 0 aromatic rings. The molecule has 12 nitrogen and oxygen atoms in total. The van der Waals surface area contributed by atoms with Crippen LogP contribution in [0.4, 0.5) is 0 Å². The predicted molar refractivity (Wildman–Crippen MR) is 64.1 cm³/mol. The predicted octanol–water partition coefficient (Wildman–Crippen LogP) is -7.47. The topological polar surface area (TPSA) is 241 Å². The maximum absolute atomic E-state index is 8.89. The van der Waals surface area contributed by atoms with Crippen LogP contribution in [-0.4, -0.2) is 35.8 Å². The quantitative estimate of drug-likeness (QED) is 0.215. The maximum atomic E-state index is 8.89. The van der Waals surface area contributed by atoms with Crippen LogP contribution in [0.25, 0.3) is 0 Å². The zero-order chi connectivity index (χ0) is 21.5. The fraction of sp³-hybridized carbons (Fsp3) is 0.500. The maximum Gasteiger partial charge on any atom is 2.00 e. The first-order valence-corrected chi connectivity index (χ1v) is 5.45. The third-order valence-corrected chi connectivity index (χ3v) is 0. The van der Waals surface area contributed by atoms with Gasteiger partial charge >= 0.3 is 81.9 Å². The van der Waals surface area contributed by atoms with E-state index in [4.69, 9.17) is 59.4 Å². The summed E-state index contributed by atoms with van der Waals surface area (Å²) in [5, 5.41) is 53.3. The zero-order valence-corrected chi connectivity index (χ0v) is 28.1. The minimum Gasteiger partial charge on any atom is -0.550 e. The molecule has 0 fully saturated rings. The third-order valence-electron chi connectivity index (χ3n) is 0. The number of hydrogen-bond acceptors (Lipinski definition) is 12. The minimum atomic E-state index is -1.08. The van der Waals surface area contributed by atoms with Gasteiger partial charge in [-0.25, -0.2) is 0 Å². The standard InChI is InChI=1S/6C2H4O2.3Cd/c6*1-2(3)4;;;/h6*1H3,(H,3,4);;;/q;;;;;;3*+2/p-6. The molecular formula is C12H18Cd3O12. The van der Waals surface area contributed by atoms with Crippen LogP contribution < -0.4 is 30.6 Å². The molecule has 144 valence electrons. The molecular weight excluding hydrogens is 673 g/mol. The van der Waals surface area contributed by atoms with E-state index in [-0.39, 0.29) is 81.9 Å². The molecule has 0 atom stereocenters. The van der Waals surface area contributed by atoms with Gasteiger partial charge in [-0.1, -0.05) is 0 Å². The summed E-state index contributed by atoms with van der Waals surface area (Å²) in [5.74, 6) is -6.50. The summed E-state index contributed by atoms with van der Waals surface area (Å²) in [6.45, 7) is 5.83. The number of hydrogen-bond donors (Lipinski definition) is 0. The fourth-order valence-corrected chi connectivity index (χ4v) is 0. The first kappa shape index (κ1) is 56.3. The molecule has 0 amide bonds. The van der Waals surface area contributed by atoms with Crippen molar-refractivity contribution in [3.8, 4) is 0 Å². The van der Waals surface area contributed by atoms with Gasteiger partial charge in [0, 0.05) is 35.8 Å². The van der Waals surface area contributed by atoms with E-state index >= 15 is 0 Å². The van der Waals surface area contributed by atoms with E-state index in [1.807, 2.05) is 0 Å². The molecule has 0 aliphatic rings. The Hall–Kier alpha value is -0.414. The van der Waals surface area contributed by atoms with Gasteiger partial charge in [0.2, 0.25) is 0 Å². The van der Waals surface area contributed by atoms with Crippen molar-refractivity contribution in [3.05, 3.63) is 0 Å². The second-order valence-corrected chi connectivity index (χ2v) is 2.95. The molecule has 0 heterocycles. The number of carbonyl (C=O) groups is 6. The molecule has 15 heteroatoms. The molecule has 0 bridgehead atoms. The molecule has 0 N–H and O–H groups in total. The minimum absolute atomic E-state index is 0. The molecule has 0 aliphatic heterocycles. The normalized spacial score (nSPS) is 5.56. The molecule has 0 aromatic heterocycles. The Morgan fingerprint density at radius 2 is 0.333 bits per heavy atom. The van der Waals surface area contributed by atoms with Crippen LogP contribution in [0.3, 0.4) is 0 Å². The number of aliphatic carboxylic acids is 6. The average molecular weight is 692 g/mol. The first-order valence-electron chi connectivity index (χ1n) is 5.45. The molecule has 0 saturated heterocycles. The summed E-state index contributed by atoms with van der Waals surface area (Å²) >= 11 is 0. The molecule has 0 unspecified atom stereocenters. The van der Waals surface area contributed by atoms with Gasteiger partial charge in [-0.3, -0.25) is 0 Å². The van der Waals surface area contributed by atoms with Gasteiger partial charge in [0.25, 0.3) is 0 Å². The van der Waals surface area contributed by atoms with Crippen molar-refractivity contribution in [1.82, 2.24) is 0 Å². The summed E-state index contributed by atoms with van der Waals surface area (Å²) in [6, 6.07) is 0. The van der Waals surface area contributed by atoms with Crippen LogP contribution in [0.2, 0.25) is 0 Å². The average Bonchev–Trinajstić information content (AvgIpc) is 2.08. The molecule has 0 aliphatic carbocycles. The summed E-state index contributed by atoms with van der Waals surface area (Å²) in [7, 11) is 0. The van der Waals surface area contributed by atoms with E-state index in [2.05, 4.69) is 0 Å². The summed E-state index contributed by atoms with van der Waals surface area (Å²) in [4.78, 5) is 53.3. The van der Waals surface area contributed by atoms with Crippen LogP contribution in [0.5, 0.6) is 0 Å². The Morgan fingerprint density at radius 1 is 0.333 bits per heavy atom. The number of carbonyl (C=O) groups excluding carboxylic acids is 6. The zero-order valence-electron chi connectivity index (χ0n) is 16.0. The Morgan fingerprint density at radius 3 is 0.333 bits per heavy atom. The van der Waals surface area contributed by atoms with E-state index in [0.29, 0.717) is 0 Å². The van der Waals surface area contributed by atoms with Gasteiger partial charge in [0.05, 0.1) is 0 Å². The van der Waals surface area contributed by atoms with E-state index < -0.39 is 35.8 Å². The Labute approximate surface area is 216 Å². The molecule has 0 radical (unpaired) electrons. The molecule has 27 heavy (non-hydrogen) atoms. The SMILES string of the molecule is CC(=O)[O-].CC(=O)[O-].CC(=O)[O-].CC(=O)[O-].CC(=O)[O-].CC(=O)[O-].[Cd+2].[Cd+2].[Cd+2]. The van der Waals surface area contributed by atoms with E-state index in [1.54, 1.807) is 0 Å². The second kappa shape index (κ2) is 50.0. The smallest absolute Gasteiger partial charge is 0.550 e. The van der Waals surface area contributed by atoms with Crippen molar-refractivity contribution in [2.75, 3.05) is 0 Å². The van der Waals surface area contributed by atoms with Gasteiger partial charge in [-0.2, -0.15) is 0 Å². The summed E-state index contributed by atoms with van der Waals surface area (Å²) in [5.41, 5.74) is 0. The van der Waals surface area contributed by atoms with Crippen molar-refractivity contribution in [2.24, 2.45) is 0 Å². The van der Waals surface area contributed by atoms with Crippen molar-refractivity contribution in [2.45, 2.75) is 41.5 Å². The van der Waals surface area contributed by atoms with Crippen LogP contribution in [0.1, 0.15) is 41.5 Å². The van der Waals surface area contributed by atoms with Gasteiger partial charge < -0.3 is 59.4 Å². The van der Waals surface area contributed by atoms with E-state index in [1.165, 1.54) is 0 Å². The van der Waals surface area contributed by atoms with E-state index in [0.717, 1.165) is 41.5 Å². The summed E-state index contributed by atoms with van der Waals surface area (Å²) < 4.78 is 0. The fourth-order valence-electron chi connectivity index (χ4n) is 0. The monoisotopic (exact) mass is 696 g/mol. The van der Waals surface area contributed by atoms with E-state index in [9.17, 15) is 0 Å². The van der Waals surface area contributed by atoms with Crippen molar-refractivity contribution in [3.63, 3.8) is 0 Å². The molecule has 0 spiro atoms. The van der Waals surface area contributed by atoms with Crippen LogP contribution >= 0.6 is 0 Å². The Bertz CT molecular complexity index is 269. The number of carboxylic acids is 6. The van der Waals surface area contributed by atoms with Gasteiger partial charge in [0.1, 0.15) is 0 Å².